The predicted octanol–water partition coefficient (Wildman–Crippen LogP) is 2.89. The van der Waals surface area contributed by atoms with Crippen molar-refractivity contribution in [3.63, 3.8) is 0 Å². The Bertz CT molecular complexity index is 1290. The van der Waals surface area contributed by atoms with Gasteiger partial charge in [-0.3, -0.25) is 15.0 Å². The number of ether oxygens (including phenoxy) is 1. The second-order valence-electron chi connectivity index (χ2n) is 6.78. The molecule has 34 heavy (non-hydrogen) atoms. The minimum absolute atomic E-state index is 0. The van der Waals surface area contributed by atoms with Crippen LogP contribution in [-0.4, -0.2) is 51.1 Å². The van der Waals surface area contributed by atoms with Gasteiger partial charge in [0.1, 0.15) is 11.6 Å². The highest BCUT2D eigenvalue weighted by Gasteiger charge is 2.10. The number of carbonyl (C=O) groups excluding carboxylic acids is 1. The van der Waals surface area contributed by atoms with Crippen LogP contribution in [0, 0.1) is 5.41 Å². The maximum Gasteiger partial charge on any atom is 0.343 e. The van der Waals surface area contributed by atoms with Crippen LogP contribution in [0.25, 0.3) is 10.8 Å². The van der Waals surface area contributed by atoms with Crippen molar-refractivity contribution in [1.82, 2.24) is 5.32 Å². The lowest BCUT2D eigenvalue weighted by atomic mass is 10.1. The summed E-state index contributed by atoms with van der Waals surface area (Å²) in [4.78, 5) is 16.5. The zero-order chi connectivity index (χ0) is 24.6. The fraction of sp³-hybridized carbons (Fsp3) is 0.136. The Labute approximate surface area is 203 Å². The van der Waals surface area contributed by atoms with E-state index in [0.29, 0.717) is 29.1 Å². The molecule has 0 heterocycles. The van der Waals surface area contributed by atoms with Crippen molar-refractivity contribution in [2.75, 3.05) is 25.7 Å². The van der Waals surface area contributed by atoms with Crippen molar-refractivity contribution in [1.29, 1.82) is 5.41 Å². The standard InChI is InChI=1S/C21H21N5O2.CH4O3S.ClH/c1-24-21(25-2)26-17-8-5-13(6-9-17)20(27)28-18-10-7-14-11-16(19(22)23)4-3-15(14)12-18;1-5(2,3)4;/h3-12H,1-2H3,(H3,22,23)(H2,24,25,26);1H3,(H,2,3,4);1H. The van der Waals surface area contributed by atoms with Gasteiger partial charge in [0.25, 0.3) is 10.1 Å². The molecule has 0 fully saturated rings. The topological polar surface area (TPSA) is 167 Å². The molecule has 0 aliphatic carbocycles. The Balaban J connectivity index is 0.000000873. The van der Waals surface area contributed by atoms with Crippen LogP contribution in [0.3, 0.4) is 0 Å². The number of aliphatic imine (C=N–C) groups is 1. The number of carbonyl (C=O) groups is 1. The van der Waals surface area contributed by atoms with Crippen molar-refractivity contribution in [2.24, 2.45) is 10.7 Å². The number of anilines is 1. The summed E-state index contributed by atoms with van der Waals surface area (Å²) in [5.41, 5.74) is 7.42. The second kappa shape index (κ2) is 12.5. The van der Waals surface area contributed by atoms with E-state index < -0.39 is 16.1 Å². The fourth-order valence-electron chi connectivity index (χ4n) is 2.68. The summed E-state index contributed by atoms with van der Waals surface area (Å²) in [7, 11) is -0.222. The SMILES string of the molecule is CN=C(NC)Nc1ccc(C(=O)Oc2ccc3cc(C(=N)N)ccc3c2)cc1.CS(=O)(=O)O.Cl. The molecule has 0 atom stereocenters. The van der Waals surface area contributed by atoms with E-state index in [-0.39, 0.29) is 18.2 Å². The number of guanidine groups is 1. The molecule has 0 saturated heterocycles. The van der Waals surface area contributed by atoms with Gasteiger partial charge in [0.15, 0.2) is 5.96 Å². The number of fused-ring (bicyclic) bond motifs is 1. The van der Waals surface area contributed by atoms with Crippen molar-refractivity contribution in [3.05, 3.63) is 71.8 Å². The van der Waals surface area contributed by atoms with Crippen LogP contribution in [0.15, 0.2) is 65.7 Å². The summed E-state index contributed by atoms with van der Waals surface area (Å²) in [6, 6.07) is 17.7. The summed E-state index contributed by atoms with van der Waals surface area (Å²) >= 11 is 0. The summed E-state index contributed by atoms with van der Waals surface area (Å²) in [6.45, 7) is 0. The van der Waals surface area contributed by atoms with Gasteiger partial charge in [0.05, 0.1) is 11.8 Å². The lowest BCUT2D eigenvalue weighted by molar-refractivity contribution is 0.0735. The average Bonchev–Trinajstić information content (AvgIpc) is 2.76. The number of nitrogens with two attached hydrogens (primary N) is 1. The molecule has 3 aromatic carbocycles. The molecule has 0 saturated carbocycles. The highest BCUT2D eigenvalue weighted by atomic mass is 35.5. The quantitative estimate of drug-likeness (QED) is 0.118. The lowest BCUT2D eigenvalue weighted by Crippen LogP contribution is -2.26. The molecule has 3 aromatic rings. The number of nitrogens with one attached hydrogen (secondary N) is 3. The van der Waals surface area contributed by atoms with Gasteiger partial charge in [0.2, 0.25) is 0 Å². The third kappa shape index (κ3) is 9.06. The lowest BCUT2D eigenvalue weighted by Gasteiger charge is -2.09. The number of nitrogen functional groups attached to an aromatic ring is 1. The van der Waals surface area contributed by atoms with Gasteiger partial charge in [-0.1, -0.05) is 18.2 Å². The minimum atomic E-state index is -3.67. The van der Waals surface area contributed by atoms with Crippen LogP contribution in [-0.2, 0) is 10.1 Å². The van der Waals surface area contributed by atoms with E-state index in [1.165, 1.54) is 0 Å². The number of hydrogen-bond acceptors (Lipinski definition) is 6. The molecule has 0 amide bonds. The Hall–Kier alpha value is -3.67. The van der Waals surface area contributed by atoms with E-state index in [4.69, 9.17) is 20.4 Å². The molecule has 0 aliphatic heterocycles. The van der Waals surface area contributed by atoms with Gasteiger partial charge in [-0.25, -0.2) is 4.79 Å². The molecular formula is C22H26ClN5O5S. The number of nitrogens with zero attached hydrogens (tertiary/aromatic N) is 1. The molecule has 0 unspecified atom stereocenters. The zero-order valence-electron chi connectivity index (χ0n) is 18.7. The van der Waals surface area contributed by atoms with E-state index in [1.807, 2.05) is 18.2 Å². The van der Waals surface area contributed by atoms with E-state index in [1.54, 1.807) is 56.6 Å². The average molecular weight is 508 g/mol. The minimum Gasteiger partial charge on any atom is -0.423 e. The molecular weight excluding hydrogens is 482 g/mol. The molecule has 0 aliphatic rings. The van der Waals surface area contributed by atoms with E-state index in [9.17, 15) is 13.2 Å². The van der Waals surface area contributed by atoms with Gasteiger partial charge in [-0.15, -0.1) is 12.4 Å². The zero-order valence-corrected chi connectivity index (χ0v) is 20.3. The van der Waals surface area contributed by atoms with Crippen LogP contribution in [0.2, 0.25) is 0 Å². The Morgan fingerprint density at radius 2 is 1.56 bits per heavy atom. The normalized spacial score (nSPS) is 10.9. The number of esters is 1. The summed E-state index contributed by atoms with van der Waals surface area (Å²) in [6.07, 6.45) is 0.715. The number of halogens is 1. The van der Waals surface area contributed by atoms with Crippen LogP contribution in [0.4, 0.5) is 5.69 Å². The molecule has 0 aromatic heterocycles. The monoisotopic (exact) mass is 507 g/mol. The maximum absolute atomic E-state index is 12.4. The first-order valence-corrected chi connectivity index (χ1v) is 11.4. The number of amidine groups is 1. The molecule has 182 valence electrons. The van der Waals surface area contributed by atoms with E-state index >= 15 is 0 Å². The van der Waals surface area contributed by atoms with Gasteiger partial charge in [0, 0.05) is 25.3 Å². The summed E-state index contributed by atoms with van der Waals surface area (Å²) in [5.74, 6) is 0.650. The molecule has 10 nitrogen and oxygen atoms in total. The smallest absolute Gasteiger partial charge is 0.343 e. The molecule has 0 bridgehead atoms. The highest BCUT2D eigenvalue weighted by Crippen LogP contribution is 2.23. The highest BCUT2D eigenvalue weighted by molar-refractivity contribution is 7.85. The van der Waals surface area contributed by atoms with Crippen molar-refractivity contribution in [2.45, 2.75) is 0 Å². The molecule has 0 radical (unpaired) electrons. The second-order valence-corrected chi connectivity index (χ2v) is 8.25. The third-order valence-corrected chi connectivity index (χ3v) is 4.18. The first-order chi connectivity index (χ1) is 15.5. The van der Waals surface area contributed by atoms with Crippen LogP contribution < -0.4 is 21.1 Å². The van der Waals surface area contributed by atoms with Crippen molar-refractivity contribution < 1.29 is 22.5 Å². The maximum atomic E-state index is 12.4. The number of benzene rings is 3. The van der Waals surface area contributed by atoms with Gasteiger partial charge < -0.3 is 21.1 Å². The third-order valence-electron chi connectivity index (χ3n) is 4.18. The van der Waals surface area contributed by atoms with E-state index in [0.717, 1.165) is 16.5 Å². The van der Waals surface area contributed by atoms with Crippen LogP contribution in [0.5, 0.6) is 5.75 Å². The molecule has 3 rings (SSSR count). The van der Waals surface area contributed by atoms with Crippen molar-refractivity contribution >= 4 is 56.7 Å². The largest absolute Gasteiger partial charge is 0.423 e. The van der Waals surface area contributed by atoms with E-state index in [2.05, 4.69) is 15.6 Å². The predicted molar refractivity (Wildman–Crippen MR) is 137 cm³/mol. The fourth-order valence-corrected chi connectivity index (χ4v) is 2.68. The Morgan fingerprint density at radius 3 is 2.09 bits per heavy atom. The van der Waals surface area contributed by atoms with Gasteiger partial charge in [-0.2, -0.15) is 8.42 Å². The Kier molecular flexibility index (Phi) is 10.5. The van der Waals surface area contributed by atoms with Gasteiger partial charge in [-0.05, 0) is 53.2 Å². The van der Waals surface area contributed by atoms with Crippen LogP contribution in [0.1, 0.15) is 15.9 Å². The van der Waals surface area contributed by atoms with Gasteiger partial charge >= 0.3 is 5.97 Å². The first kappa shape index (κ1) is 28.4. The first-order valence-electron chi connectivity index (χ1n) is 9.54. The van der Waals surface area contributed by atoms with Crippen LogP contribution >= 0.6 is 12.4 Å². The summed E-state index contributed by atoms with van der Waals surface area (Å²) in [5, 5.41) is 15.3. The molecule has 6 N–H and O–H groups in total. The number of rotatable bonds is 4. The number of hydrogen-bond donors (Lipinski definition) is 5. The van der Waals surface area contributed by atoms with Crippen molar-refractivity contribution in [3.8, 4) is 5.75 Å². The molecule has 12 heteroatoms. The molecule has 0 spiro atoms. The Morgan fingerprint density at radius 1 is 1.03 bits per heavy atom. The summed E-state index contributed by atoms with van der Waals surface area (Å²) < 4.78 is 31.4.